The van der Waals surface area contributed by atoms with Crippen molar-refractivity contribution in [3.05, 3.63) is 65.4 Å². The topological polar surface area (TPSA) is 123 Å². The van der Waals surface area contributed by atoms with Crippen molar-refractivity contribution in [3.63, 3.8) is 0 Å². The number of benzene rings is 2. The molecule has 5 rings (SSSR count). The Morgan fingerprint density at radius 1 is 1.05 bits per heavy atom. The quantitative estimate of drug-likeness (QED) is 0.217. The molecule has 0 atom stereocenters. The van der Waals surface area contributed by atoms with Crippen LogP contribution in [0.15, 0.2) is 48.7 Å². The molecule has 0 radical (unpaired) electrons. The van der Waals surface area contributed by atoms with Crippen molar-refractivity contribution in [1.29, 1.82) is 0 Å². The Bertz CT molecular complexity index is 1650. The van der Waals surface area contributed by atoms with Crippen molar-refractivity contribution in [2.75, 3.05) is 10.6 Å². The van der Waals surface area contributed by atoms with Gasteiger partial charge in [-0.05, 0) is 83.1 Å². The van der Waals surface area contributed by atoms with Crippen LogP contribution in [0.1, 0.15) is 70.1 Å². The summed E-state index contributed by atoms with van der Waals surface area (Å²) in [6.07, 6.45) is 6.16. The third-order valence-electron chi connectivity index (χ3n) is 7.81. The maximum atomic E-state index is 12.7. The lowest BCUT2D eigenvalue weighted by molar-refractivity contribution is -0.115. The van der Waals surface area contributed by atoms with Crippen LogP contribution in [0.25, 0.3) is 22.2 Å². The fraction of sp³-hybridized carbons (Fsp3) is 0.441. The number of nitrogens with one attached hydrogen (secondary N) is 3. The number of nitrogens with zero attached hydrogens (tertiary/aromatic N) is 4. The largest absolute Gasteiger partial charge is 0.444 e. The molecule has 2 amide bonds. The normalized spacial score (nSPS) is 16.9. The summed E-state index contributed by atoms with van der Waals surface area (Å²) in [5, 5.41) is 14.9. The number of hydrogen-bond donors (Lipinski definition) is 3. The number of ether oxygens (including phenoxy) is 1. The minimum Gasteiger partial charge on any atom is -0.444 e. The molecule has 4 aromatic rings. The fourth-order valence-corrected chi connectivity index (χ4v) is 5.74. The van der Waals surface area contributed by atoms with Crippen molar-refractivity contribution >= 4 is 34.7 Å². The Morgan fingerprint density at radius 3 is 2.50 bits per heavy atom. The van der Waals surface area contributed by atoms with Crippen LogP contribution in [0.2, 0.25) is 0 Å². The minimum absolute atomic E-state index is 0.103. The molecule has 232 valence electrons. The molecule has 0 aliphatic heterocycles. The highest BCUT2D eigenvalue weighted by Crippen LogP contribution is 2.30. The third kappa shape index (κ3) is 7.92. The number of hydrogen-bond acceptors (Lipinski definition) is 7. The molecule has 0 spiro atoms. The minimum atomic E-state index is -0.505. The zero-order valence-corrected chi connectivity index (χ0v) is 26.5. The highest BCUT2D eigenvalue weighted by Gasteiger charge is 2.25. The van der Waals surface area contributed by atoms with Crippen LogP contribution in [0.4, 0.5) is 16.6 Å². The van der Waals surface area contributed by atoms with Crippen LogP contribution in [0.5, 0.6) is 0 Å². The summed E-state index contributed by atoms with van der Waals surface area (Å²) in [6.45, 7) is 9.74. The van der Waals surface area contributed by atoms with Gasteiger partial charge in [-0.1, -0.05) is 36.8 Å². The Hall–Kier alpha value is -4.47. The first-order chi connectivity index (χ1) is 21.0. The van der Waals surface area contributed by atoms with E-state index >= 15 is 0 Å². The summed E-state index contributed by atoms with van der Waals surface area (Å²) in [5.74, 6) is 1.03. The Labute approximate surface area is 259 Å². The number of rotatable bonds is 8. The van der Waals surface area contributed by atoms with E-state index in [1.54, 1.807) is 4.68 Å². The summed E-state index contributed by atoms with van der Waals surface area (Å²) in [6, 6.07) is 14.4. The number of alkyl carbamates (subject to hydrolysis) is 1. The molecular weight excluding hydrogens is 554 g/mol. The van der Waals surface area contributed by atoms with Gasteiger partial charge in [0.25, 0.3) is 0 Å². The number of aryl methyl sites for hydroxylation is 3. The smallest absolute Gasteiger partial charge is 0.407 e. The van der Waals surface area contributed by atoms with Gasteiger partial charge in [-0.3, -0.25) is 9.48 Å². The summed E-state index contributed by atoms with van der Waals surface area (Å²) < 4.78 is 7.19. The van der Waals surface area contributed by atoms with Gasteiger partial charge in [0, 0.05) is 42.3 Å². The van der Waals surface area contributed by atoms with Gasteiger partial charge in [0.2, 0.25) is 11.9 Å². The summed E-state index contributed by atoms with van der Waals surface area (Å²) in [5.41, 5.74) is 5.51. The molecule has 10 nitrogen and oxygen atoms in total. The number of carbonyl (C=O) groups excluding carboxylic acids is 2. The van der Waals surface area contributed by atoms with E-state index in [4.69, 9.17) is 9.72 Å². The summed E-state index contributed by atoms with van der Waals surface area (Å²) in [7, 11) is 1.88. The number of fused-ring (bicyclic) bond motifs is 1. The third-order valence-corrected chi connectivity index (χ3v) is 7.81. The van der Waals surface area contributed by atoms with Crippen LogP contribution in [0, 0.1) is 6.92 Å². The molecule has 1 saturated carbocycles. The molecule has 1 aliphatic carbocycles. The van der Waals surface area contributed by atoms with Crippen LogP contribution >= 0.6 is 0 Å². The fourth-order valence-electron chi connectivity index (χ4n) is 5.74. The van der Waals surface area contributed by atoms with Crippen molar-refractivity contribution in [2.45, 2.75) is 90.8 Å². The van der Waals surface area contributed by atoms with E-state index < -0.39 is 5.60 Å². The van der Waals surface area contributed by atoms with Gasteiger partial charge in [-0.25, -0.2) is 14.8 Å². The number of amides is 2. The van der Waals surface area contributed by atoms with Crippen molar-refractivity contribution in [2.24, 2.45) is 7.05 Å². The highest BCUT2D eigenvalue weighted by molar-refractivity contribution is 5.92. The van der Waals surface area contributed by atoms with Gasteiger partial charge in [-0.15, -0.1) is 0 Å². The SMILES string of the molecule is CCc1cc(-c2cc(NC(=O)Cc3cccc(C)c3)nn2C)cc2cnc(NC3CCC(NC(=O)OC(C)(C)C)CC3)nc12. The Morgan fingerprint density at radius 2 is 1.80 bits per heavy atom. The number of anilines is 2. The molecule has 2 heterocycles. The van der Waals surface area contributed by atoms with Crippen LogP contribution in [-0.4, -0.2) is 49.4 Å². The molecule has 1 aliphatic rings. The molecule has 10 heteroatoms. The molecule has 2 aromatic carbocycles. The highest BCUT2D eigenvalue weighted by atomic mass is 16.6. The van der Waals surface area contributed by atoms with E-state index in [1.807, 2.05) is 71.3 Å². The predicted octanol–water partition coefficient (Wildman–Crippen LogP) is 6.33. The zero-order valence-electron chi connectivity index (χ0n) is 26.5. The standard InChI is InChI=1S/C34H43N7O3/c1-7-23-17-24(28-19-29(40-41(28)6)38-30(42)16-22-10-8-9-21(2)15-22)18-25-20-35-32(39-31(23)25)36-26-11-13-27(14-12-26)37-33(43)44-34(3,4)5/h8-10,15,17-20,26-27H,7,11-14,16H2,1-6H3,(H,37,43)(H,35,36,39)(H,38,40,42). The zero-order chi connectivity index (χ0) is 31.4. The van der Waals surface area contributed by atoms with Crippen LogP contribution in [0.3, 0.4) is 0 Å². The molecule has 0 saturated heterocycles. The lowest BCUT2D eigenvalue weighted by Gasteiger charge is -2.30. The average molecular weight is 598 g/mol. The second-order valence-electron chi connectivity index (χ2n) is 12.7. The van der Waals surface area contributed by atoms with E-state index in [1.165, 1.54) is 0 Å². The van der Waals surface area contributed by atoms with Crippen molar-refractivity contribution < 1.29 is 14.3 Å². The first-order valence-corrected chi connectivity index (χ1v) is 15.4. The van der Waals surface area contributed by atoms with Gasteiger partial charge in [-0.2, -0.15) is 5.10 Å². The Balaban J connectivity index is 1.24. The van der Waals surface area contributed by atoms with E-state index in [9.17, 15) is 9.59 Å². The molecular formula is C34H43N7O3. The Kier molecular flexibility index (Phi) is 9.17. The molecule has 2 aromatic heterocycles. The second kappa shape index (κ2) is 13.0. The van der Waals surface area contributed by atoms with Crippen molar-refractivity contribution in [3.8, 4) is 11.3 Å². The first-order valence-electron chi connectivity index (χ1n) is 15.4. The van der Waals surface area contributed by atoms with Gasteiger partial charge >= 0.3 is 6.09 Å². The summed E-state index contributed by atoms with van der Waals surface area (Å²) in [4.78, 5) is 34.4. The average Bonchev–Trinajstić information content (AvgIpc) is 3.31. The monoisotopic (exact) mass is 597 g/mol. The lowest BCUT2D eigenvalue weighted by Crippen LogP contribution is -2.42. The van der Waals surface area contributed by atoms with Gasteiger partial charge in [0.05, 0.1) is 17.6 Å². The van der Waals surface area contributed by atoms with Crippen molar-refractivity contribution in [1.82, 2.24) is 25.1 Å². The molecule has 1 fully saturated rings. The van der Waals surface area contributed by atoms with Gasteiger partial charge in [0.15, 0.2) is 5.82 Å². The van der Waals surface area contributed by atoms with E-state index in [0.717, 1.165) is 71.0 Å². The lowest BCUT2D eigenvalue weighted by atomic mass is 9.91. The maximum absolute atomic E-state index is 12.7. The molecule has 0 bridgehead atoms. The molecule has 44 heavy (non-hydrogen) atoms. The summed E-state index contributed by atoms with van der Waals surface area (Å²) >= 11 is 0. The molecule has 3 N–H and O–H groups in total. The first kappa shape index (κ1) is 31.0. The van der Waals surface area contributed by atoms with E-state index in [0.29, 0.717) is 18.2 Å². The molecule has 0 unspecified atom stereocenters. The second-order valence-corrected chi connectivity index (χ2v) is 12.7. The van der Waals surface area contributed by atoms with Crippen LogP contribution in [-0.2, 0) is 29.4 Å². The number of aromatic nitrogens is 4. The van der Waals surface area contributed by atoms with Gasteiger partial charge in [0.1, 0.15) is 5.60 Å². The van der Waals surface area contributed by atoms with Crippen LogP contribution < -0.4 is 16.0 Å². The number of carbonyl (C=O) groups is 2. The predicted molar refractivity (Wildman–Crippen MR) is 174 cm³/mol. The van der Waals surface area contributed by atoms with E-state index in [2.05, 4.69) is 45.1 Å². The maximum Gasteiger partial charge on any atom is 0.407 e. The van der Waals surface area contributed by atoms with E-state index in [-0.39, 0.29) is 24.1 Å². The van der Waals surface area contributed by atoms with Gasteiger partial charge < -0.3 is 20.7 Å².